The fraction of sp³-hybridized carbons (Fsp3) is 0.200. The Morgan fingerprint density at radius 2 is 1.57 bits per heavy atom. The van der Waals surface area contributed by atoms with E-state index in [4.69, 9.17) is 17.0 Å². The first kappa shape index (κ1) is 23.4. The summed E-state index contributed by atoms with van der Waals surface area (Å²) in [6.45, 7) is 1.79. The highest BCUT2D eigenvalue weighted by Crippen LogP contribution is 2.32. The van der Waals surface area contributed by atoms with E-state index in [2.05, 4.69) is 4.98 Å². The van der Waals surface area contributed by atoms with Crippen molar-refractivity contribution in [2.24, 2.45) is 0 Å². The molecule has 0 fully saturated rings. The average molecular weight is 447 g/mol. The van der Waals surface area contributed by atoms with E-state index < -0.39 is 29.4 Å². The molecule has 3 rings (SSSR count). The van der Waals surface area contributed by atoms with Gasteiger partial charge < -0.3 is 9.72 Å². The largest absolute Gasteiger partial charge is 0.462 e. The number of ether oxygens (including phenoxy) is 1. The lowest BCUT2D eigenvalue weighted by atomic mass is 10.1. The van der Waals surface area contributed by atoms with Crippen molar-refractivity contribution >= 4 is 29.1 Å². The van der Waals surface area contributed by atoms with Crippen molar-refractivity contribution < 1.29 is 35.9 Å². The minimum Gasteiger partial charge on any atom is -0.462 e. The van der Waals surface area contributed by atoms with Crippen LogP contribution in [0.5, 0.6) is 0 Å². The molecule has 0 aliphatic rings. The highest BCUT2D eigenvalue weighted by molar-refractivity contribution is 7.71. The number of rotatable bonds is 2. The van der Waals surface area contributed by atoms with E-state index in [1.807, 2.05) is 0 Å². The first-order valence-corrected chi connectivity index (χ1v) is 8.88. The second-order valence-electron chi connectivity index (χ2n) is 5.87. The number of hydrogen-bond acceptors (Lipinski definition) is 3. The first-order chi connectivity index (χ1) is 13.9. The molecule has 0 spiro atoms. The summed E-state index contributed by atoms with van der Waals surface area (Å²) in [6.07, 6.45) is -7.33. The highest BCUT2D eigenvalue weighted by Gasteiger charge is 2.31. The van der Waals surface area contributed by atoms with Crippen LogP contribution in [0.1, 0.15) is 28.4 Å². The van der Waals surface area contributed by atoms with Crippen LogP contribution in [0.25, 0.3) is 10.9 Å². The normalized spacial score (nSPS) is 11.6. The van der Waals surface area contributed by atoms with E-state index in [1.165, 1.54) is 24.4 Å². The molecule has 0 radical (unpaired) electrons. The number of aromatic nitrogens is 1. The molecule has 10 heteroatoms. The van der Waals surface area contributed by atoms with Crippen LogP contribution in [0.15, 0.2) is 54.7 Å². The Morgan fingerprint density at radius 3 is 2.07 bits per heavy atom. The van der Waals surface area contributed by atoms with Crippen molar-refractivity contribution in [1.82, 2.24) is 4.98 Å². The Balaban J connectivity index is 0.000000269. The van der Waals surface area contributed by atoms with Crippen LogP contribution in [-0.4, -0.2) is 17.6 Å². The van der Waals surface area contributed by atoms with Crippen molar-refractivity contribution in [3.63, 3.8) is 0 Å². The molecule has 3 aromatic rings. The Morgan fingerprint density at radius 1 is 0.967 bits per heavy atom. The number of benzene rings is 2. The zero-order valence-corrected chi connectivity index (χ0v) is 16.2. The lowest BCUT2D eigenvalue weighted by molar-refractivity contribution is -0.138. The quantitative estimate of drug-likeness (QED) is 0.267. The molecule has 0 atom stereocenters. The fourth-order valence-corrected chi connectivity index (χ4v) is 2.69. The predicted molar refractivity (Wildman–Crippen MR) is 102 cm³/mol. The van der Waals surface area contributed by atoms with Crippen LogP contribution >= 0.6 is 12.2 Å². The van der Waals surface area contributed by atoms with Gasteiger partial charge in [-0.05, 0) is 25.1 Å². The van der Waals surface area contributed by atoms with Crippen LogP contribution in [-0.2, 0) is 17.1 Å². The monoisotopic (exact) mass is 447 g/mol. The van der Waals surface area contributed by atoms with Crippen molar-refractivity contribution in [3.8, 4) is 0 Å². The summed E-state index contributed by atoms with van der Waals surface area (Å²) in [5.41, 5.74) is -0.940. The van der Waals surface area contributed by atoms with Gasteiger partial charge in [0.15, 0.2) is 0 Å². The number of carbonyl (C=O) groups excluding carboxylic acids is 1. The molecule has 1 heterocycles. The van der Waals surface area contributed by atoms with Gasteiger partial charge in [0.05, 0.1) is 27.8 Å². The molecule has 0 bridgehead atoms. The number of aromatic amines is 1. The van der Waals surface area contributed by atoms with Crippen molar-refractivity contribution in [2.45, 2.75) is 19.3 Å². The molecule has 0 aliphatic carbocycles. The topological polar surface area (TPSA) is 42.1 Å². The molecule has 2 aromatic carbocycles. The highest BCUT2D eigenvalue weighted by atomic mass is 32.1. The van der Waals surface area contributed by atoms with Gasteiger partial charge in [-0.3, -0.25) is 0 Å². The average Bonchev–Trinajstić information content (AvgIpc) is 2.68. The molecule has 0 saturated heterocycles. The number of halogens is 6. The molecule has 1 aromatic heterocycles. The second kappa shape index (κ2) is 9.29. The van der Waals surface area contributed by atoms with Crippen LogP contribution in [0.3, 0.4) is 0 Å². The molecule has 3 nitrogen and oxygen atoms in total. The van der Waals surface area contributed by atoms with E-state index in [0.29, 0.717) is 5.52 Å². The number of fused-ring (bicyclic) bond motifs is 1. The summed E-state index contributed by atoms with van der Waals surface area (Å²) in [5, 5.41) is 0.167. The maximum atomic E-state index is 12.7. The lowest BCUT2D eigenvalue weighted by Gasteiger charge is -2.09. The zero-order valence-electron chi connectivity index (χ0n) is 15.4. The number of carbonyl (C=O) groups is 1. The van der Waals surface area contributed by atoms with Crippen molar-refractivity contribution in [3.05, 3.63) is 75.9 Å². The van der Waals surface area contributed by atoms with Crippen LogP contribution in [0.4, 0.5) is 26.3 Å². The van der Waals surface area contributed by atoms with E-state index >= 15 is 0 Å². The summed E-state index contributed by atoms with van der Waals surface area (Å²) in [6, 6.07) is 9.53. The Kier molecular flexibility index (Phi) is 7.25. The van der Waals surface area contributed by atoms with Gasteiger partial charge in [-0.25, -0.2) is 4.79 Å². The molecule has 160 valence electrons. The summed E-state index contributed by atoms with van der Waals surface area (Å²) in [5.74, 6) is -0.659. The maximum absolute atomic E-state index is 12.7. The molecule has 30 heavy (non-hydrogen) atoms. The molecular formula is C20H15F6NO2S. The third kappa shape index (κ3) is 5.82. The van der Waals surface area contributed by atoms with Gasteiger partial charge in [0.2, 0.25) is 0 Å². The van der Waals surface area contributed by atoms with E-state index in [1.54, 1.807) is 13.0 Å². The fourth-order valence-electron chi connectivity index (χ4n) is 2.38. The molecule has 0 aliphatic heterocycles. The van der Waals surface area contributed by atoms with E-state index in [9.17, 15) is 31.1 Å². The minimum absolute atomic E-state index is 0.0447. The Labute approximate surface area is 172 Å². The molecule has 0 amide bonds. The number of hydrogen-bond donors (Lipinski definition) is 1. The van der Waals surface area contributed by atoms with Gasteiger partial charge in [-0.15, -0.1) is 0 Å². The van der Waals surface area contributed by atoms with Gasteiger partial charge in [0.1, 0.15) is 0 Å². The number of esters is 1. The summed E-state index contributed by atoms with van der Waals surface area (Å²) in [7, 11) is 0. The molecular weight excluding hydrogens is 432 g/mol. The number of nitrogens with one attached hydrogen (secondary N) is 1. The lowest BCUT2D eigenvalue weighted by Crippen LogP contribution is -2.07. The number of alkyl halides is 6. The van der Waals surface area contributed by atoms with Crippen molar-refractivity contribution in [2.75, 3.05) is 6.61 Å². The molecule has 0 unspecified atom stereocenters. The van der Waals surface area contributed by atoms with Crippen molar-refractivity contribution in [1.29, 1.82) is 0 Å². The summed E-state index contributed by atoms with van der Waals surface area (Å²) in [4.78, 5) is 14.4. The third-order valence-electron chi connectivity index (χ3n) is 3.80. The molecule has 0 saturated carbocycles. The van der Waals surface area contributed by atoms with Gasteiger partial charge in [0, 0.05) is 17.1 Å². The van der Waals surface area contributed by atoms with Gasteiger partial charge in [0.25, 0.3) is 0 Å². The summed E-state index contributed by atoms with van der Waals surface area (Å²) >= 11 is 5.08. The van der Waals surface area contributed by atoms with E-state index in [-0.39, 0.29) is 22.1 Å². The smallest absolute Gasteiger partial charge is 0.416 e. The Hall–Kier alpha value is -2.88. The number of H-pyrrole nitrogens is 1. The van der Waals surface area contributed by atoms with Crippen LogP contribution < -0.4 is 0 Å². The van der Waals surface area contributed by atoms with Crippen LogP contribution in [0.2, 0.25) is 0 Å². The maximum Gasteiger partial charge on any atom is 0.416 e. The predicted octanol–water partition coefficient (Wildman–Crippen LogP) is 6.80. The minimum atomic E-state index is -4.46. The third-order valence-corrected chi connectivity index (χ3v) is 4.24. The van der Waals surface area contributed by atoms with Gasteiger partial charge in [-0.2, -0.15) is 26.3 Å². The standard InChI is InChI=1S/C13H10F3NO2S.C7H5F3/c1-2-19-12(18)9-6-17-10-4-3-7(13(14,15)16)5-8(10)11(9)20;8-7(9,10)6-4-2-1-3-5-6/h3-6H,2H2,1H3,(H,17,20);1-5H. The first-order valence-electron chi connectivity index (χ1n) is 8.47. The zero-order chi connectivity index (χ0) is 22.5. The summed E-state index contributed by atoms with van der Waals surface area (Å²) < 4.78 is 78.3. The van der Waals surface area contributed by atoms with Crippen LogP contribution in [0, 0.1) is 4.51 Å². The number of pyridine rings is 1. The molecule has 1 N–H and O–H groups in total. The second-order valence-corrected chi connectivity index (χ2v) is 6.28. The van der Waals surface area contributed by atoms with Gasteiger partial charge in [-0.1, -0.05) is 42.5 Å². The van der Waals surface area contributed by atoms with E-state index in [0.717, 1.165) is 24.3 Å². The Bertz CT molecular complexity index is 1070. The SMILES string of the molecule is CCOC(=O)c1c[nH]c2ccc(C(F)(F)F)cc2c1=S.FC(F)(F)c1ccccc1. The van der Waals surface area contributed by atoms with Gasteiger partial charge >= 0.3 is 18.3 Å².